The summed E-state index contributed by atoms with van der Waals surface area (Å²) in [5.74, 6) is -0.387. The normalized spacial score (nSPS) is 18.2. The first kappa shape index (κ1) is 19.9. The highest BCUT2D eigenvalue weighted by Crippen LogP contribution is 2.13. The Labute approximate surface area is 139 Å². The molecule has 0 unspecified atom stereocenters. The Morgan fingerprint density at radius 1 is 1.22 bits per heavy atom. The minimum Gasteiger partial charge on any atom is -0.353 e. The Hall–Kier alpha value is -1.18. The van der Waals surface area contributed by atoms with Crippen molar-refractivity contribution in [2.75, 3.05) is 46.8 Å². The molecule has 7 heteroatoms. The van der Waals surface area contributed by atoms with Gasteiger partial charge in [-0.1, -0.05) is 13.8 Å². The molecule has 1 fully saturated rings. The second-order valence-corrected chi connectivity index (χ2v) is 6.87. The Morgan fingerprint density at radius 3 is 2.35 bits per heavy atom. The molecule has 0 aromatic heterocycles. The van der Waals surface area contributed by atoms with Crippen molar-refractivity contribution in [2.45, 2.75) is 38.8 Å². The molecule has 1 saturated heterocycles. The molecular weight excluding hydrogens is 294 g/mol. The van der Waals surface area contributed by atoms with Crippen LogP contribution in [-0.4, -0.2) is 80.5 Å². The molecule has 1 aliphatic rings. The van der Waals surface area contributed by atoms with Crippen LogP contribution in [0.4, 0.5) is 0 Å². The number of amides is 2. The van der Waals surface area contributed by atoms with Gasteiger partial charge >= 0.3 is 0 Å². The lowest BCUT2D eigenvalue weighted by molar-refractivity contribution is -0.127. The van der Waals surface area contributed by atoms with Gasteiger partial charge < -0.3 is 26.2 Å². The van der Waals surface area contributed by atoms with Gasteiger partial charge in [-0.05, 0) is 45.9 Å². The summed E-state index contributed by atoms with van der Waals surface area (Å²) in [5.41, 5.74) is 5.72. The molecule has 134 valence electrons. The maximum Gasteiger partial charge on any atom is 0.239 e. The van der Waals surface area contributed by atoms with Crippen molar-refractivity contribution < 1.29 is 9.59 Å². The van der Waals surface area contributed by atoms with E-state index in [1.54, 1.807) is 0 Å². The van der Waals surface area contributed by atoms with Crippen LogP contribution in [0, 0.1) is 5.92 Å². The topological polar surface area (TPSA) is 90.7 Å². The quantitative estimate of drug-likeness (QED) is 0.544. The SMILES string of the molecule is CC(C)[C@H](N)C(=O)NCC(=O)NCCN1CCC(N(C)C)CC1. The van der Waals surface area contributed by atoms with Crippen LogP contribution in [0.15, 0.2) is 0 Å². The van der Waals surface area contributed by atoms with Crippen LogP contribution >= 0.6 is 0 Å². The van der Waals surface area contributed by atoms with E-state index in [2.05, 4.69) is 34.5 Å². The van der Waals surface area contributed by atoms with Crippen LogP contribution in [0.1, 0.15) is 26.7 Å². The molecule has 0 aromatic carbocycles. The Kier molecular flexibility index (Phi) is 8.51. The van der Waals surface area contributed by atoms with E-state index in [1.807, 2.05) is 13.8 Å². The van der Waals surface area contributed by atoms with E-state index in [4.69, 9.17) is 5.73 Å². The highest BCUT2D eigenvalue weighted by atomic mass is 16.2. The fraction of sp³-hybridized carbons (Fsp3) is 0.875. The average molecular weight is 327 g/mol. The largest absolute Gasteiger partial charge is 0.353 e. The number of likely N-dealkylation sites (tertiary alicyclic amines) is 1. The Morgan fingerprint density at radius 2 is 1.83 bits per heavy atom. The number of nitrogens with zero attached hydrogens (tertiary/aromatic N) is 2. The van der Waals surface area contributed by atoms with E-state index in [0.717, 1.165) is 19.6 Å². The number of piperidine rings is 1. The highest BCUT2D eigenvalue weighted by Gasteiger charge is 2.20. The van der Waals surface area contributed by atoms with Crippen LogP contribution in [0.3, 0.4) is 0 Å². The summed E-state index contributed by atoms with van der Waals surface area (Å²) >= 11 is 0. The Balaban J connectivity index is 2.12. The summed E-state index contributed by atoms with van der Waals surface area (Å²) in [6.45, 7) is 7.34. The first-order valence-corrected chi connectivity index (χ1v) is 8.50. The maximum atomic E-state index is 11.7. The van der Waals surface area contributed by atoms with Crippen LogP contribution in [0.2, 0.25) is 0 Å². The summed E-state index contributed by atoms with van der Waals surface area (Å²) in [4.78, 5) is 28.0. The van der Waals surface area contributed by atoms with E-state index in [-0.39, 0.29) is 24.3 Å². The minimum absolute atomic E-state index is 0.0119. The van der Waals surface area contributed by atoms with Crippen molar-refractivity contribution >= 4 is 11.8 Å². The average Bonchev–Trinajstić information content (AvgIpc) is 2.52. The van der Waals surface area contributed by atoms with Crippen LogP contribution in [-0.2, 0) is 9.59 Å². The second-order valence-electron chi connectivity index (χ2n) is 6.87. The number of nitrogens with one attached hydrogen (secondary N) is 2. The number of hydrogen-bond acceptors (Lipinski definition) is 5. The third-order valence-corrected chi connectivity index (χ3v) is 4.48. The summed E-state index contributed by atoms with van der Waals surface area (Å²) in [5, 5.41) is 5.42. The number of hydrogen-bond donors (Lipinski definition) is 3. The third-order valence-electron chi connectivity index (χ3n) is 4.48. The van der Waals surface area contributed by atoms with Gasteiger partial charge in [0.25, 0.3) is 0 Å². The van der Waals surface area contributed by atoms with Crippen molar-refractivity contribution in [3.05, 3.63) is 0 Å². The lowest BCUT2D eigenvalue weighted by Crippen LogP contribution is -2.48. The molecule has 7 nitrogen and oxygen atoms in total. The summed E-state index contributed by atoms with van der Waals surface area (Å²) < 4.78 is 0. The molecule has 0 bridgehead atoms. The molecule has 2 amide bonds. The number of nitrogens with two attached hydrogens (primary N) is 1. The molecule has 4 N–H and O–H groups in total. The van der Waals surface area contributed by atoms with Gasteiger partial charge in [0.1, 0.15) is 0 Å². The van der Waals surface area contributed by atoms with Crippen molar-refractivity contribution in [2.24, 2.45) is 11.7 Å². The molecule has 23 heavy (non-hydrogen) atoms. The minimum atomic E-state index is -0.569. The highest BCUT2D eigenvalue weighted by molar-refractivity contribution is 5.87. The molecule has 0 saturated carbocycles. The molecule has 0 aliphatic carbocycles. The number of rotatable bonds is 8. The molecule has 0 aromatic rings. The predicted octanol–water partition coefficient (Wildman–Crippen LogP) is -0.772. The van der Waals surface area contributed by atoms with Gasteiger partial charge in [-0.25, -0.2) is 0 Å². The fourth-order valence-corrected chi connectivity index (χ4v) is 2.66. The third kappa shape index (κ3) is 7.28. The lowest BCUT2D eigenvalue weighted by Gasteiger charge is -2.35. The van der Waals surface area contributed by atoms with E-state index >= 15 is 0 Å². The fourth-order valence-electron chi connectivity index (χ4n) is 2.66. The van der Waals surface area contributed by atoms with Crippen LogP contribution in [0.5, 0.6) is 0 Å². The maximum absolute atomic E-state index is 11.7. The van der Waals surface area contributed by atoms with Gasteiger partial charge in [0.05, 0.1) is 12.6 Å². The molecule has 1 rings (SSSR count). The zero-order valence-corrected chi connectivity index (χ0v) is 15.0. The van der Waals surface area contributed by atoms with Gasteiger partial charge in [-0.15, -0.1) is 0 Å². The number of carbonyl (C=O) groups excluding carboxylic acids is 2. The molecule has 0 spiro atoms. The Bertz CT molecular complexity index is 379. The molecular formula is C16H33N5O2. The van der Waals surface area contributed by atoms with Crippen molar-refractivity contribution in [3.63, 3.8) is 0 Å². The molecule has 1 atom stereocenters. The predicted molar refractivity (Wildman–Crippen MR) is 92.0 cm³/mol. The van der Waals surface area contributed by atoms with E-state index in [0.29, 0.717) is 12.6 Å². The van der Waals surface area contributed by atoms with Crippen molar-refractivity contribution in [3.8, 4) is 0 Å². The summed E-state index contributed by atoms with van der Waals surface area (Å²) in [6, 6.07) is 0.0991. The van der Waals surface area contributed by atoms with Crippen LogP contribution < -0.4 is 16.4 Å². The summed E-state index contributed by atoms with van der Waals surface area (Å²) in [6.07, 6.45) is 2.34. The molecule has 1 aliphatic heterocycles. The van der Waals surface area contributed by atoms with Gasteiger partial charge in [0.15, 0.2) is 0 Å². The summed E-state index contributed by atoms with van der Waals surface area (Å²) in [7, 11) is 4.25. The van der Waals surface area contributed by atoms with Crippen molar-refractivity contribution in [1.82, 2.24) is 20.4 Å². The van der Waals surface area contributed by atoms with Crippen molar-refractivity contribution in [1.29, 1.82) is 0 Å². The molecule has 0 radical (unpaired) electrons. The van der Waals surface area contributed by atoms with E-state index in [9.17, 15) is 9.59 Å². The smallest absolute Gasteiger partial charge is 0.239 e. The zero-order valence-electron chi connectivity index (χ0n) is 15.0. The van der Waals surface area contributed by atoms with Gasteiger partial charge in [-0.3, -0.25) is 9.59 Å². The van der Waals surface area contributed by atoms with Gasteiger partial charge in [-0.2, -0.15) is 0 Å². The first-order chi connectivity index (χ1) is 10.8. The standard InChI is InChI=1S/C16H33N5O2/c1-12(2)15(17)16(23)19-11-14(22)18-7-10-21-8-5-13(6-9-21)20(3)4/h12-13,15H,5-11,17H2,1-4H3,(H,18,22)(H,19,23)/t15-/m0/s1. The molecule has 1 heterocycles. The monoisotopic (exact) mass is 327 g/mol. The second kappa shape index (κ2) is 9.85. The number of carbonyl (C=O) groups is 2. The first-order valence-electron chi connectivity index (χ1n) is 8.50. The lowest BCUT2D eigenvalue weighted by atomic mass is 10.0. The zero-order chi connectivity index (χ0) is 17.4. The van der Waals surface area contributed by atoms with Crippen LogP contribution in [0.25, 0.3) is 0 Å². The van der Waals surface area contributed by atoms with Gasteiger partial charge in [0, 0.05) is 19.1 Å². The van der Waals surface area contributed by atoms with E-state index < -0.39 is 6.04 Å². The van der Waals surface area contributed by atoms with E-state index in [1.165, 1.54) is 12.8 Å². The van der Waals surface area contributed by atoms with Gasteiger partial charge in [0.2, 0.25) is 11.8 Å².